The molecule has 2 aliphatic rings. The van der Waals surface area contributed by atoms with Crippen molar-refractivity contribution in [3.63, 3.8) is 0 Å². The summed E-state index contributed by atoms with van der Waals surface area (Å²) in [5.41, 5.74) is 9.17. The number of hydrogen-bond acceptors (Lipinski definition) is 7. The average Bonchev–Trinajstić information content (AvgIpc) is 3.57. The van der Waals surface area contributed by atoms with Crippen LogP contribution in [0.4, 0.5) is 5.69 Å². The number of hydrogen-bond donors (Lipinski definition) is 1. The minimum Gasteiger partial charge on any atom is -0.493 e. The van der Waals surface area contributed by atoms with Crippen molar-refractivity contribution in [1.29, 1.82) is 0 Å². The molecule has 7 nitrogen and oxygen atoms in total. The number of likely N-dealkylation sites (tertiary alicyclic amines) is 1. The fourth-order valence-electron chi connectivity index (χ4n) is 5.79. The van der Waals surface area contributed by atoms with E-state index in [2.05, 4.69) is 35.8 Å². The predicted octanol–water partition coefficient (Wildman–Crippen LogP) is 5.63. The number of nitrogens with two attached hydrogens (primary N) is 1. The number of aryl methyl sites for hydroxylation is 1. The van der Waals surface area contributed by atoms with Gasteiger partial charge in [0, 0.05) is 42.3 Å². The van der Waals surface area contributed by atoms with Crippen LogP contribution in [0.5, 0.6) is 11.5 Å². The lowest BCUT2D eigenvalue weighted by Crippen LogP contribution is -2.47. The van der Waals surface area contributed by atoms with E-state index < -0.39 is 0 Å². The van der Waals surface area contributed by atoms with Gasteiger partial charge in [-0.25, -0.2) is 4.98 Å². The smallest absolute Gasteiger partial charge is 0.163 e. The van der Waals surface area contributed by atoms with Crippen LogP contribution in [0.3, 0.4) is 0 Å². The van der Waals surface area contributed by atoms with Gasteiger partial charge in [0.05, 0.1) is 19.2 Å². The van der Waals surface area contributed by atoms with Crippen LogP contribution in [-0.2, 0) is 0 Å². The van der Waals surface area contributed by atoms with Gasteiger partial charge in [-0.1, -0.05) is 0 Å². The summed E-state index contributed by atoms with van der Waals surface area (Å²) in [6.07, 6.45) is 5.76. The molecule has 1 aromatic carbocycles. The van der Waals surface area contributed by atoms with E-state index >= 15 is 0 Å². The molecule has 0 aliphatic carbocycles. The Kier molecular flexibility index (Phi) is 7.63. The Balaban J connectivity index is 1.45. The van der Waals surface area contributed by atoms with Gasteiger partial charge in [0.15, 0.2) is 17.3 Å². The standard InChI is InChI=1S/C30H42N4O3/c1-21-8-9-27(37-21)25-19-26(34-15-10-22(11-16-34)30(2,3)31)23-18-28(35-4)29(20-24(23)32-25)36-17-7-14-33-12-5-6-13-33/h8-9,18-20,22H,5-7,10-17,31H2,1-4H3. The van der Waals surface area contributed by atoms with Crippen molar-refractivity contribution in [2.45, 2.75) is 58.4 Å². The van der Waals surface area contributed by atoms with Crippen LogP contribution in [0.1, 0.15) is 51.7 Å². The van der Waals surface area contributed by atoms with Gasteiger partial charge in [-0.3, -0.25) is 0 Å². The van der Waals surface area contributed by atoms with Gasteiger partial charge < -0.3 is 29.4 Å². The lowest BCUT2D eigenvalue weighted by molar-refractivity contribution is 0.254. The minimum absolute atomic E-state index is 0.159. The predicted molar refractivity (Wildman–Crippen MR) is 150 cm³/mol. The molecular formula is C30H42N4O3. The fraction of sp³-hybridized carbons (Fsp3) is 0.567. The SMILES string of the molecule is COc1cc2c(N3CCC(C(C)(C)N)CC3)cc(-c3ccc(C)o3)nc2cc1OCCCN1CCCC1. The zero-order valence-corrected chi connectivity index (χ0v) is 22.9. The van der Waals surface area contributed by atoms with E-state index in [0.29, 0.717) is 12.5 Å². The topological polar surface area (TPSA) is 77.0 Å². The first kappa shape index (κ1) is 25.9. The number of nitrogens with zero attached hydrogens (tertiary/aromatic N) is 3. The van der Waals surface area contributed by atoms with Crippen LogP contribution in [0, 0.1) is 12.8 Å². The monoisotopic (exact) mass is 506 g/mol. The Labute approximate surface area is 220 Å². The zero-order chi connectivity index (χ0) is 26.0. The third-order valence-electron chi connectivity index (χ3n) is 8.03. The van der Waals surface area contributed by atoms with Crippen LogP contribution in [0.15, 0.2) is 34.7 Å². The third-order valence-corrected chi connectivity index (χ3v) is 8.03. The number of fused-ring (bicyclic) bond motifs is 1. The van der Waals surface area contributed by atoms with Crippen LogP contribution in [0.2, 0.25) is 0 Å². The highest BCUT2D eigenvalue weighted by Crippen LogP contribution is 2.40. The normalized spacial score (nSPS) is 17.6. The molecule has 7 heteroatoms. The van der Waals surface area contributed by atoms with Crippen molar-refractivity contribution in [3.8, 4) is 23.0 Å². The number of furan rings is 1. The molecule has 2 aliphatic heterocycles. The maximum atomic E-state index is 6.45. The molecule has 0 unspecified atom stereocenters. The second-order valence-electron chi connectivity index (χ2n) is 11.3. The highest BCUT2D eigenvalue weighted by Gasteiger charge is 2.30. The number of benzene rings is 1. The maximum Gasteiger partial charge on any atom is 0.163 e. The summed E-state index contributed by atoms with van der Waals surface area (Å²) in [7, 11) is 1.71. The maximum absolute atomic E-state index is 6.45. The molecule has 0 atom stereocenters. The number of ether oxygens (including phenoxy) is 2. The molecular weight excluding hydrogens is 464 g/mol. The van der Waals surface area contributed by atoms with E-state index in [9.17, 15) is 0 Å². The molecule has 2 N–H and O–H groups in total. The van der Waals surface area contributed by atoms with Gasteiger partial charge in [-0.05, 0) is 96.1 Å². The zero-order valence-electron chi connectivity index (χ0n) is 22.9. The number of anilines is 1. The van der Waals surface area contributed by atoms with E-state index in [1.165, 1.54) is 25.9 Å². The van der Waals surface area contributed by atoms with Gasteiger partial charge in [-0.2, -0.15) is 0 Å². The first-order valence-corrected chi connectivity index (χ1v) is 13.8. The fourth-order valence-corrected chi connectivity index (χ4v) is 5.79. The first-order valence-electron chi connectivity index (χ1n) is 13.8. The van der Waals surface area contributed by atoms with Gasteiger partial charge in [-0.15, -0.1) is 0 Å². The summed E-state index contributed by atoms with van der Waals surface area (Å²) < 4.78 is 18.0. The second kappa shape index (κ2) is 10.9. The van der Waals surface area contributed by atoms with E-state index in [1.54, 1.807) is 7.11 Å². The van der Waals surface area contributed by atoms with E-state index in [1.807, 2.05) is 25.1 Å². The summed E-state index contributed by atoms with van der Waals surface area (Å²) >= 11 is 0. The number of pyridine rings is 1. The minimum atomic E-state index is -0.159. The second-order valence-corrected chi connectivity index (χ2v) is 11.3. The van der Waals surface area contributed by atoms with Gasteiger partial charge >= 0.3 is 0 Å². The van der Waals surface area contributed by atoms with Crippen LogP contribution < -0.4 is 20.1 Å². The van der Waals surface area contributed by atoms with Gasteiger partial charge in [0.2, 0.25) is 0 Å². The molecule has 2 aromatic heterocycles. The molecule has 0 amide bonds. The Morgan fingerprint density at radius 1 is 1.05 bits per heavy atom. The lowest BCUT2D eigenvalue weighted by Gasteiger charge is -2.40. The summed E-state index contributed by atoms with van der Waals surface area (Å²) in [4.78, 5) is 9.99. The number of methoxy groups -OCH3 is 1. The molecule has 0 saturated carbocycles. The average molecular weight is 507 g/mol. The molecule has 37 heavy (non-hydrogen) atoms. The van der Waals surface area contributed by atoms with Crippen molar-refractivity contribution >= 4 is 16.6 Å². The molecule has 0 radical (unpaired) electrons. The van der Waals surface area contributed by atoms with E-state index in [-0.39, 0.29) is 5.54 Å². The van der Waals surface area contributed by atoms with Gasteiger partial charge in [0.25, 0.3) is 0 Å². The third kappa shape index (κ3) is 5.88. The van der Waals surface area contributed by atoms with Gasteiger partial charge in [0.1, 0.15) is 11.5 Å². The molecule has 0 bridgehead atoms. The Bertz CT molecular complexity index is 1200. The summed E-state index contributed by atoms with van der Waals surface area (Å²) in [6, 6.07) is 10.3. The van der Waals surface area contributed by atoms with Crippen LogP contribution in [-0.4, -0.2) is 61.9 Å². The quantitative estimate of drug-likeness (QED) is 0.377. The highest BCUT2D eigenvalue weighted by molar-refractivity contribution is 5.96. The number of aromatic nitrogens is 1. The van der Waals surface area contributed by atoms with Crippen molar-refractivity contribution in [2.75, 3.05) is 51.3 Å². The Hall–Kier alpha value is -2.77. The molecule has 4 heterocycles. The summed E-state index contributed by atoms with van der Waals surface area (Å²) in [6.45, 7) is 12.3. The summed E-state index contributed by atoms with van der Waals surface area (Å²) in [5, 5.41) is 1.07. The first-order chi connectivity index (χ1) is 17.8. The van der Waals surface area contributed by atoms with Crippen molar-refractivity contribution < 1.29 is 13.9 Å². The van der Waals surface area contributed by atoms with Crippen LogP contribution >= 0.6 is 0 Å². The van der Waals surface area contributed by atoms with Crippen molar-refractivity contribution in [1.82, 2.24) is 9.88 Å². The largest absolute Gasteiger partial charge is 0.493 e. The molecule has 5 rings (SSSR count). The van der Waals surface area contributed by atoms with E-state index in [0.717, 1.165) is 84.2 Å². The summed E-state index contributed by atoms with van der Waals surface area (Å²) in [5.74, 6) is 3.66. The lowest BCUT2D eigenvalue weighted by atomic mass is 9.81. The number of rotatable bonds is 9. The van der Waals surface area contributed by atoms with Crippen molar-refractivity contribution in [3.05, 3.63) is 36.1 Å². The van der Waals surface area contributed by atoms with Crippen molar-refractivity contribution in [2.24, 2.45) is 11.7 Å². The Morgan fingerprint density at radius 3 is 2.46 bits per heavy atom. The molecule has 200 valence electrons. The molecule has 2 saturated heterocycles. The molecule has 2 fully saturated rings. The Morgan fingerprint density at radius 2 is 1.81 bits per heavy atom. The molecule has 3 aromatic rings. The number of piperidine rings is 1. The van der Waals surface area contributed by atoms with Crippen LogP contribution in [0.25, 0.3) is 22.4 Å². The molecule has 0 spiro atoms. The van der Waals surface area contributed by atoms with E-state index in [4.69, 9.17) is 24.6 Å². The highest BCUT2D eigenvalue weighted by atomic mass is 16.5.